The zero-order chi connectivity index (χ0) is 27.8. The molecule has 5 aromatic rings. The molecule has 0 radical (unpaired) electrons. The van der Waals surface area contributed by atoms with Gasteiger partial charge in [0, 0.05) is 36.3 Å². The number of benzene rings is 2. The lowest BCUT2D eigenvalue weighted by atomic mass is 10.2. The van der Waals surface area contributed by atoms with Crippen LogP contribution in [0.15, 0.2) is 95.7 Å². The van der Waals surface area contributed by atoms with Crippen LogP contribution in [-0.2, 0) is 13.0 Å². The van der Waals surface area contributed by atoms with E-state index >= 15 is 0 Å². The molecule has 3 heterocycles. The van der Waals surface area contributed by atoms with Crippen LogP contribution >= 0.6 is 0 Å². The molecule has 216 valence electrons. The van der Waals surface area contributed by atoms with E-state index < -0.39 is 0 Å². The number of hydrogen-bond acceptors (Lipinski definition) is 7. The third kappa shape index (κ3) is 10.4. The molecular formula is C34H42N4O3. The van der Waals surface area contributed by atoms with Crippen LogP contribution in [0.2, 0.25) is 0 Å². The average Bonchev–Trinajstić information content (AvgIpc) is 3.44. The lowest BCUT2D eigenvalue weighted by Gasteiger charge is -2.07. The number of nitrogens with zero attached hydrogens (tertiary/aromatic N) is 3. The summed E-state index contributed by atoms with van der Waals surface area (Å²) in [5.41, 5.74) is 4.65. The molecule has 0 saturated heterocycles. The maximum Gasteiger partial charge on any atom is 0.227 e. The predicted molar refractivity (Wildman–Crippen MR) is 166 cm³/mol. The van der Waals surface area contributed by atoms with Gasteiger partial charge in [-0.15, -0.1) is 0 Å². The van der Waals surface area contributed by atoms with E-state index in [-0.39, 0.29) is 7.43 Å². The lowest BCUT2D eigenvalue weighted by molar-refractivity contribution is 0.308. The van der Waals surface area contributed by atoms with E-state index in [4.69, 9.17) is 13.9 Å². The molecule has 0 amide bonds. The summed E-state index contributed by atoms with van der Waals surface area (Å²) in [6, 6.07) is 25.5. The Morgan fingerprint density at radius 1 is 0.756 bits per heavy atom. The zero-order valence-corrected chi connectivity index (χ0v) is 23.4. The van der Waals surface area contributed by atoms with Gasteiger partial charge in [0.05, 0.1) is 18.9 Å². The number of fused-ring (bicyclic) bond motifs is 1. The highest BCUT2D eigenvalue weighted by molar-refractivity contribution is 5.77. The molecule has 2 aromatic carbocycles. The molecule has 0 unspecified atom stereocenters. The summed E-state index contributed by atoms with van der Waals surface area (Å²) in [6.45, 7) is 7.24. The van der Waals surface area contributed by atoms with Gasteiger partial charge in [0.25, 0.3) is 0 Å². The number of hydrogen-bond donors (Lipinski definition) is 1. The van der Waals surface area contributed by atoms with Crippen molar-refractivity contribution in [3.8, 4) is 23.0 Å². The van der Waals surface area contributed by atoms with Gasteiger partial charge in [-0.1, -0.05) is 39.8 Å². The molecule has 5 rings (SSSR count). The maximum absolute atomic E-state index is 5.98. The highest BCUT2D eigenvalue weighted by Gasteiger charge is 2.10. The van der Waals surface area contributed by atoms with Gasteiger partial charge in [0.1, 0.15) is 17.0 Å². The van der Waals surface area contributed by atoms with Crippen LogP contribution in [0.3, 0.4) is 0 Å². The fourth-order valence-electron chi connectivity index (χ4n) is 3.86. The fourth-order valence-corrected chi connectivity index (χ4v) is 3.86. The number of aryl methyl sites for hydroxylation is 1. The molecule has 0 aliphatic rings. The quantitative estimate of drug-likeness (QED) is 0.148. The highest BCUT2D eigenvalue weighted by Crippen LogP contribution is 2.28. The summed E-state index contributed by atoms with van der Waals surface area (Å²) in [7, 11) is 0. The first-order valence-corrected chi connectivity index (χ1v) is 14.0. The topological polar surface area (TPSA) is 82.3 Å². The van der Waals surface area contributed by atoms with E-state index in [1.54, 1.807) is 0 Å². The monoisotopic (exact) mass is 554 g/mol. The first-order chi connectivity index (χ1) is 19.7. The SMILES string of the molecule is C.CCCCOc1ccc(-c2nc3ccc(OCCCNCc4ccccn4)cc3o2)cc1.CCc1ccccn1. The Kier molecular flexibility index (Phi) is 13.3. The third-order valence-electron chi connectivity index (χ3n) is 6.12. The van der Waals surface area contributed by atoms with Gasteiger partial charge in [-0.3, -0.25) is 9.97 Å². The van der Waals surface area contributed by atoms with Crippen molar-refractivity contribution in [3.63, 3.8) is 0 Å². The molecule has 3 aromatic heterocycles. The Balaban J connectivity index is 0.000000444. The van der Waals surface area contributed by atoms with Crippen LogP contribution in [-0.4, -0.2) is 34.7 Å². The van der Waals surface area contributed by atoms with E-state index in [1.165, 1.54) is 0 Å². The Labute approximate surface area is 244 Å². The summed E-state index contributed by atoms with van der Waals surface area (Å²) in [4.78, 5) is 13.0. The summed E-state index contributed by atoms with van der Waals surface area (Å²) < 4.78 is 17.6. The molecule has 1 N–H and O–H groups in total. The molecule has 0 spiro atoms. The van der Waals surface area contributed by atoms with E-state index in [2.05, 4.69) is 34.1 Å². The Morgan fingerprint density at radius 2 is 1.44 bits per heavy atom. The van der Waals surface area contributed by atoms with Gasteiger partial charge < -0.3 is 19.2 Å². The zero-order valence-electron chi connectivity index (χ0n) is 23.4. The largest absolute Gasteiger partial charge is 0.494 e. The molecular weight excluding hydrogens is 512 g/mol. The molecule has 0 aliphatic carbocycles. The van der Waals surface area contributed by atoms with E-state index in [1.807, 2.05) is 91.3 Å². The van der Waals surface area contributed by atoms with Crippen molar-refractivity contribution in [1.29, 1.82) is 0 Å². The highest BCUT2D eigenvalue weighted by atomic mass is 16.5. The summed E-state index contributed by atoms with van der Waals surface area (Å²) >= 11 is 0. The lowest BCUT2D eigenvalue weighted by Crippen LogP contribution is -2.17. The number of ether oxygens (including phenoxy) is 2. The van der Waals surface area contributed by atoms with Gasteiger partial charge in [0.15, 0.2) is 5.58 Å². The van der Waals surface area contributed by atoms with Crippen molar-refractivity contribution in [2.75, 3.05) is 19.8 Å². The molecule has 0 aliphatic heterocycles. The first-order valence-electron chi connectivity index (χ1n) is 14.0. The fraction of sp³-hybridized carbons (Fsp3) is 0.324. The number of pyridine rings is 2. The van der Waals surface area contributed by atoms with Crippen molar-refractivity contribution in [3.05, 3.63) is 103 Å². The first kappa shape index (κ1) is 31.3. The number of rotatable bonds is 13. The van der Waals surface area contributed by atoms with Gasteiger partial charge in [-0.2, -0.15) is 0 Å². The molecule has 0 bridgehead atoms. The molecule has 0 fully saturated rings. The van der Waals surface area contributed by atoms with Gasteiger partial charge in [-0.25, -0.2) is 4.98 Å². The summed E-state index contributed by atoms with van der Waals surface area (Å²) in [5, 5.41) is 3.38. The van der Waals surface area contributed by atoms with Gasteiger partial charge >= 0.3 is 0 Å². The number of unbranched alkanes of at least 4 members (excludes halogenated alkanes) is 1. The number of nitrogens with one attached hydrogen (secondary N) is 1. The van der Waals surface area contributed by atoms with Crippen LogP contribution in [0.25, 0.3) is 22.6 Å². The minimum absolute atomic E-state index is 0. The van der Waals surface area contributed by atoms with E-state index in [9.17, 15) is 0 Å². The summed E-state index contributed by atoms with van der Waals surface area (Å²) in [6.07, 6.45) is 7.73. The Hall–Kier alpha value is -4.23. The van der Waals surface area contributed by atoms with Crippen molar-refractivity contribution in [2.24, 2.45) is 0 Å². The minimum atomic E-state index is 0. The third-order valence-corrected chi connectivity index (χ3v) is 6.12. The average molecular weight is 555 g/mol. The van der Waals surface area contributed by atoms with Crippen LogP contribution in [0.1, 0.15) is 51.9 Å². The van der Waals surface area contributed by atoms with Crippen LogP contribution in [0.4, 0.5) is 0 Å². The maximum atomic E-state index is 5.98. The molecule has 7 heteroatoms. The molecule has 41 heavy (non-hydrogen) atoms. The predicted octanol–water partition coefficient (Wildman–Crippen LogP) is 7.91. The smallest absolute Gasteiger partial charge is 0.227 e. The second-order valence-corrected chi connectivity index (χ2v) is 9.25. The van der Waals surface area contributed by atoms with Crippen LogP contribution in [0, 0.1) is 0 Å². The van der Waals surface area contributed by atoms with Crippen LogP contribution < -0.4 is 14.8 Å². The van der Waals surface area contributed by atoms with Gasteiger partial charge in [-0.05, 0) is 86.5 Å². The van der Waals surface area contributed by atoms with Gasteiger partial charge in [0.2, 0.25) is 5.89 Å². The standard InChI is InChI=1S/C26H29N3O3.C7H9N.CH4/c1-2-3-16-30-22-10-8-20(9-11-22)26-29-24-13-12-23(18-25(24)32-26)31-17-6-14-27-19-21-7-4-5-15-28-21;1-2-7-5-3-4-6-8-7;/h4-5,7-13,15,18,27H,2-3,6,14,16-17,19H2,1H3;3-6H,2H2,1H3;1H4. The second-order valence-electron chi connectivity index (χ2n) is 9.25. The van der Waals surface area contributed by atoms with Crippen molar-refractivity contribution in [2.45, 2.75) is 53.5 Å². The molecule has 0 atom stereocenters. The van der Waals surface area contributed by atoms with Crippen molar-refractivity contribution >= 4 is 11.1 Å². The van der Waals surface area contributed by atoms with Crippen molar-refractivity contribution in [1.82, 2.24) is 20.3 Å². The van der Waals surface area contributed by atoms with E-state index in [0.717, 1.165) is 79.3 Å². The number of oxazole rings is 1. The summed E-state index contributed by atoms with van der Waals surface area (Å²) in [5.74, 6) is 2.24. The molecule has 7 nitrogen and oxygen atoms in total. The minimum Gasteiger partial charge on any atom is -0.494 e. The second kappa shape index (κ2) is 17.5. The number of aromatic nitrogens is 3. The Bertz CT molecular complexity index is 1390. The Morgan fingerprint density at radius 3 is 2.10 bits per heavy atom. The molecule has 0 saturated carbocycles. The van der Waals surface area contributed by atoms with Crippen LogP contribution in [0.5, 0.6) is 11.5 Å². The normalized spacial score (nSPS) is 10.4. The van der Waals surface area contributed by atoms with Crippen molar-refractivity contribution < 1.29 is 13.9 Å². The van der Waals surface area contributed by atoms with E-state index in [0.29, 0.717) is 18.1 Å².